The molecule has 0 amide bonds. The molecule has 0 unspecified atom stereocenters. The molecule has 10 rings (SSSR count). The third-order valence-electron chi connectivity index (χ3n) is 9.60. The molecule has 4 aromatic carbocycles. The fourth-order valence-electron chi connectivity index (χ4n) is 6.94. The number of benzene rings is 4. The number of fused-ring (bicyclic) bond motifs is 5. The lowest BCUT2D eigenvalue weighted by atomic mass is 10.0. The van der Waals surface area contributed by atoms with Gasteiger partial charge in [-0.05, 0) is 89.1 Å². The third kappa shape index (κ3) is 5.20. The van der Waals surface area contributed by atoms with E-state index in [9.17, 15) is 0 Å². The van der Waals surface area contributed by atoms with Gasteiger partial charge in [-0.3, -0.25) is 19.9 Å². The van der Waals surface area contributed by atoms with Crippen LogP contribution in [0, 0.1) is 0 Å². The van der Waals surface area contributed by atoms with Crippen molar-refractivity contribution >= 4 is 60.7 Å². The molecule has 0 spiro atoms. The van der Waals surface area contributed by atoms with Crippen LogP contribution in [0.5, 0.6) is 0 Å². The molecule has 0 atom stereocenters. The van der Waals surface area contributed by atoms with Crippen molar-refractivity contribution in [2.75, 3.05) is 4.90 Å². The van der Waals surface area contributed by atoms with Gasteiger partial charge in [0.2, 0.25) is 5.71 Å². The van der Waals surface area contributed by atoms with Crippen LogP contribution < -0.4 is 4.90 Å². The summed E-state index contributed by atoms with van der Waals surface area (Å²) in [7, 11) is 0. The quantitative estimate of drug-likeness (QED) is 0.174. The first-order valence-corrected chi connectivity index (χ1v) is 17.0. The Kier molecular flexibility index (Phi) is 6.99. The van der Waals surface area contributed by atoms with Gasteiger partial charge in [0.1, 0.15) is 5.58 Å². The van der Waals surface area contributed by atoms with Crippen LogP contribution in [-0.4, -0.2) is 24.9 Å². The van der Waals surface area contributed by atoms with E-state index in [1.807, 2.05) is 55.4 Å². The van der Waals surface area contributed by atoms with Crippen LogP contribution in [0.4, 0.5) is 17.1 Å². The molecular weight excluding hydrogens is 641 g/mol. The van der Waals surface area contributed by atoms with E-state index in [4.69, 9.17) is 14.4 Å². The Morgan fingerprint density at radius 2 is 0.962 bits per heavy atom. The summed E-state index contributed by atoms with van der Waals surface area (Å²) in [5, 5.41) is 6.33. The van der Waals surface area contributed by atoms with Gasteiger partial charge in [-0.25, -0.2) is 4.98 Å². The number of rotatable bonds is 6. The summed E-state index contributed by atoms with van der Waals surface area (Å²) >= 11 is 0. The lowest BCUT2D eigenvalue weighted by Gasteiger charge is -2.26. The predicted molar refractivity (Wildman–Crippen MR) is 209 cm³/mol. The predicted octanol–water partition coefficient (Wildman–Crippen LogP) is 11.3. The van der Waals surface area contributed by atoms with E-state index in [0.29, 0.717) is 5.71 Å². The molecule has 0 bridgehead atoms. The molecule has 10 aromatic rings. The molecule has 52 heavy (non-hydrogen) atoms. The summed E-state index contributed by atoms with van der Waals surface area (Å²) in [6.07, 6.45) is 12.8. The van der Waals surface area contributed by atoms with Gasteiger partial charge >= 0.3 is 0 Å². The Bertz CT molecular complexity index is 2780. The molecule has 0 radical (unpaired) electrons. The average Bonchev–Trinajstić information content (AvgIpc) is 3.61. The summed E-state index contributed by atoms with van der Waals surface area (Å²) in [6, 6.07) is 44.3. The SMILES string of the molecule is c1cnc2oc3c(-c4ccc(N(c5ccc(-c6cc7ccncc7cn6)cc5)c5ccc(-c6cc7ccncc7cn6)cc5)cc4)cccc3c2c1. The van der Waals surface area contributed by atoms with E-state index in [1.54, 1.807) is 6.20 Å². The van der Waals surface area contributed by atoms with E-state index in [-0.39, 0.29) is 0 Å². The lowest BCUT2D eigenvalue weighted by molar-refractivity contribution is 0.655. The highest BCUT2D eigenvalue weighted by Crippen LogP contribution is 2.39. The van der Waals surface area contributed by atoms with Gasteiger partial charge in [0, 0.05) is 98.7 Å². The summed E-state index contributed by atoms with van der Waals surface area (Å²) < 4.78 is 6.26. The van der Waals surface area contributed by atoms with Crippen molar-refractivity contribution in [1.82, 2.24) is 24.9 Å². The molecule has 6 heterocycles. The minimum Gasteiger partial charge on any atom is -0.437 e. The van der Waals surface area contributed by atoms with Crippen LogP contribution in [0.2, 0.25) is 0 Å². The molecule has 0 fully saturated rings. The first-order chi connectivity index (χ1) is 25.7. The van der Waals surface area contributed by atoms with Crippen LogP contribution >= 0.6 is 0 Å². The van der Waals surface area contributed by atoms with Gasteiger partial charge in [-0.15, -0.1) is 0 Å². The number of hydrogen-bond donors (Lipinski definition) is 0. The Hall–Kier alpha value is -7.25. The molecular formula is C45H28N6O. The van der Waals surface area contributed by atoms with Crippen LogP contribution in [0.1, 0.15) is 0 Å². The highest BCUT2D eigenvalue weighted by molar-refractivity contribution is 6.08. The minimum atomic E-state index is 0.645. The highest BCUT2D eigenvalue weighted by atomic mass is 16.3. The summed E-state index contributed by atoms with van der Waals surface area (Å²) in [4.78, 5) is 24.6. The van der Waals surface area contributed by atoms with Crippen molar-refractivity contribution in [1.29, 1.82) is 0 Å². The Labute approximate surface area is 298 Å². The van der Waals surface area contributed by atoms with E-state index >= 15 is 0 Å². The van der Waals surface area contributed by atoms with Crippen LogP contribution in [-0.2, 0) is 0 Å². The number of anilines is 3. The second-order valence-corrected chi connectivity index (χ2v) is 12.7. The topological polar surface area (TPSA) is 80.8 Å². The van der Waals surface area contributed by atoms with Crippen LogP contribution in [0.3, 0.4) is 0 Å². The molecule has 0 aliphatic heterocycles. The molecule has 0 aliphatic rings. The first kappa shape index (κ1) is 29.6. The molecule has 0 N–H and O–H groups in total. The van der Waals surface area contributed by atoms with Gasteiger partial charge in [0.15, 0.2) is 0 Å². The van der Waals surface area contributed by atoms with E-state index in [2.05, 4.69) is 129 Å². The van der Waals surface area contributed by atoms with Gasteiger partial charge in [-0.1, -0.05) is 54.6 Å². The third-order valence-corrected chi connectivity index (χ3v) is 9.60. The second kappa shape index (κ2) is 12.3. The maximum atomic E-state index is 6.26. The summed E-state index contributed by atoms with van der Waals surface area (Å²) in [5.74, 6) is 0. The number of nitrogens with zero attached hydrogens (tertiary/aromatic N) is 6. The molecule has 244 valence electrons. The van der Waals surface area contributed by atoms with Gasteiger partial charge < -0.3 is 9.32 Å². The summed E-state index contributed by atoms with van der Waals surface area (Å²) in [6.45, 7) is 0. The maximum absolute atomic E-state index is 6.26. The zero-order valence-corrected chi connectivity index (χ0v) is 27.8. The van der Waals surface area contributed by atoms with Crippen molar-refractivity contribution in [3.8, 4) is 33.6 Å². The monoisotopic (exact) mass is 668 g/mol. The molecule has 0 saturated heterocycles. The number of pyridine rings is 5. The minimum absolute atomic E-state index is 0.645. The average molecular weight is 669 g/mol. The van der Waals surface area contributed by atoms with Crippen molar-refractivity contribution in [2.45, 2.75) is 0 Å². The Morgan fingerprint density at radius 1 is 0.423 bits per heavy atom. The maximum Gasteiger partial charge on any atom is 0.227 e. The Morgan fingerprint density at radius 3 is 1.54 bits per heavy atom. The fourth-order valence-corrected chi connectivity index (χ4v) is 6.94. The smallest absolute Gasteiger partial charge is 0.227 e. The van der Waals surface area contributed by atoms with E-state index in [0.717, 1.165) is 88.6 Å². The normalized spacial score (nSPS) is 11.5. The van der Waals surface area contributed by atoms with Crippen molar-refractivity contribution in [3.63, 3.8) is 0 Å². The lowest BCUT2D eigenvalue weighted by Crippen LogP contribution is -2.09. The van der Waals surface area contributed by atoms with Crippen molar-refractivity contribution in [3.05, 3.63) is 171 Å². The van der Waals surface area contributed by atoms with E-state index < -0.39 is 0 Å². The molecule has 7 nitrogen and oxygen atoms in total. The Balaban J connectivity index is 1.04. The number of hydrogen-bond acceptors (Lipinski definition) is 7. The van der Waals surface area contributed by atoms with Gasteiger partial charge in [0.25, 0.3) is 0 Å². The van der Waals surface area contributed by atoms with E-state index in [1.165, 1.54) is 0 Å². The first-order valence-electron chi connectivity index (χ1n) is 17.0. The van der Waals surface area contributed by atoms with Gasteiger partial charge in [0.05, 0.1) is 11.4 Å². The van der Waals surface area contributed by atoms with Crippen LogP contribution in [0.15, 0.2) is 175 Å². The highest BCUT2D eigenvalue weighted by Gasteiger charge is 2.16. The zero-order chi connectivity index (χ0) is 34.4. The molecule has 7 heteroatoms. The zero-order valence-electron chi connectivity index (χ0n) is 27.8. The summed E-state index contributed by atoms with van der Waals surface area (Å²) in [5.41, 5.74) is 10.6. The van der Waals surface area contributed by atoms with Crippen molar-refractivity contribution < 1.29 is 4.42 Å². The largest absolute Gasteiger partial charge is 0.437 e. The number of para-hydroxylation sites is 1. The van der Waals surface area contributed by atoms with Crippen LogP contribution in [0.25, 0.3) is 77.3 Å². The standard InChI is InChI=1S/C45H28N6O/c1-3-39(44-40(4-1)41-5-2-20-48-45(41)52-44)29-6-12-36(13-7-29)51(37-14-8-30(9-15-37)42-23-32-18-21-46-25-34(32)27-49-42)38-16-10-31(11-17-38)43-24-33-19-22-47-26-35(33)28-50-43/h1-28H. The van der Waals surface area contributed by atoms with Crippen molar-refractivity contribution in [2.24, 2.45) is 0 Å². The fraction of sp³-hybridized carbons (Fsp3) is 0. The molecule has 0 aliphatic carbocycles. The molecule has 0 saturated carbocycles. The number of furan rings is 1. The molecule has 6 aromatic heterocycles. The second-order valence-electron chi connectivity index (χ2n) is 12.7. The number of aromatic nitrogens is 5. The van der Waals surface area contributed by atoms with Gasteiger partial charge in [-0.2, -0.15) is 0 Å².